The van der Waals surface area contributed by atoms with E-state index < -0.39 is 22.7 Å². The number of amides is 1. The molecule has 3 atom stereocenters. The number of nitrogens with zero attached hydrogens (tertiary/aromatic N) is 1. The summed E-state index contributed by atoms with van der Waals surface area (Å²) in [5.41, 5.74) is -1.46. The zero-order valence-electron chi connectivity index (χ0n) is 16.7. The number of likely N-dealkylation sites (tertiary alicyclic amines) is 1. The van der Waals surface area contributed by atoms with Gasteiger partial charge in [0.2, 0.25) is 5.91 Å². The molecule has 154 valence electrons. The molecule has 5 rings (SSSR count). The molecule has 3 unspecified atom stereocenters. The van der Waals surface area contributed by atoms with Gasteiger partial charge in [-0.2, -0.15) is 0 Å². The minimum absolute atomic E-state index is 0.191. The molecule has 1 aliphatic carbocycles. The number of rotatable bonds is 3. The molecule has 5 nitrogen and oxygen atoms in total. The Balaban J connectivity index is 1.68. The zero-order chi connectivity index (χ0) is 21.1. The van der Waals surface area contributed by atoms with Gasteiger partial charge in [0.1, 0.15) is 5.75 Å². The number of carbonyl (C=O) groups excluding carboxylic acids is 3. The number of esters is 1. The van der Waals surface area contributed by atoms with Crippen LogP contribution in [0.5, 0.6) is 5.75 Å². The molecule has 2 fully saturated rings. The first-order chi connectivity index (χ1) is 14.4. The standard InChI is InChI=1S/C24H22BrNO4/c1-23(20(27)15-8-4-2-5-9-15)19-17-14-16(25)10-11-18(17)30-22(29)24(19,23)21(28)26-12-6-3-7-13-26/h2,4-5,8-11,14,19H,3,6-7,12-13H2,1H3. The van der Waals surface area contributed by atoms with Crippen molar-refractivity contribution in [3.63, 3.8) is 0 Å². The van der Waals surface area contributed by atoms with Crippen LogP contribution in [0.15, 0.2) is 53.0 Å². The van der Waals surface area contributed by atoms with Gasteiger partial charge in [-0.1, -0.05) is 46.3 Å². The monoisotopic (exact) mass is 467 g/mol. The number of ether oxygens (including phenoxy) is 1. The average Bonchev–Trinajstić information content (AvgIpc) is 3.37. The molecule has 1 saturated heterocycles. The molecular formula is C24H22BrNO4. The number of halogens is 1. The van der Waals surface area contributed by atoms with Gasteiger partial charge in [0.05, 0.1) is 5.41 Å². The van der Waals surface area contributed by atoms with Gasteiger partial charge >= 0.3 is 5.97 Å². The summed E-state index contributed by atoms with van der Waals surface area (Å²) in [6.45, 7) is 2.98. The van der Waals surface area contributed by atoms with Crippen LogP contribution in [-0.4, -0.2) is 35.6 Å². The van der Waals surface area contributed by atoms with Gasteiger partial charge in [-0.15, -0.1) is 0 Å². The van der Waals surface area contributed by atoms with E-state index in [1.807, 2.05) is 12.1 Å². The van der Waals surface area contributed by atoms with Crippen molar-refractivity contribution in [3.05, 3.63) is 64.1 Å². The molecule has 1 amide bonds. The third kappa shape index (κ3) is 2.43. The number of Topliss-reactive ketones (excluding diaryl/α,β-unsaturated/α-hetero) is 1. The summed E-state index contributed by atoms with van der Waals surface area (Å²) in [5, 5.41) is 0. The highest BCUT2D eigenvalue weighted by molar-refractivity contribution is 9.10. The Bertz CT molecular complexity index is 1060. The molecule has 2 aromatic rings. The smallest absolute Gasteiger partial charge is 0.328 e. The lowest BCUT2D eigenvalue weighted by atomic mass is 9.85. The number of hydrogen-bond acceptors (Lipinski definition) is 4. The topological polar surface area (TPSA) is 63.7 Å². The van der Waals surface area contributed by atoms with Crippen LogP contribution in [0.3, 0.4) is 0 Å². The normalized spacial score (nSPS) is 29.5. The van der Waals surface area contributed by atoms with Crippen LogP contribution in [-0.2, 0) is 9.59 Å². The van der Waals surface area contributed by atoms with E-state index in [2.05, 4.69) is 15.9 Å². The van der Waals surface area contributed by atoms with Crippen molar-refractivity contribution in [3.8, 4) is 5.75 Å². The van der Waals surface area contributed by atoms with Crippen molar-refractivity contribution < 1.29 is 19.1 Å². The number of carbonyl (C=O) groups is 3. The van der Waals surface area contributed by atoms with E-state index in [0.717, 1.165) is 29.3 Å². The second-order valence-electron chi connectivity index (χ2n) is 8.56. The van der Waals surface area contributed by atoms with E-state index in [1.54, 1.807) is 48.2 Å². The van der Waals surface area contributed by atoms with Crippen molar-refractivity contribution >= 4 is 33.6 Å². The summed E-state index contributed by atoms with van der Waals surface area (Å²) in [6, 6.07) is 14.3. The van der Waals surface area contributed by atoms with Crippen molar-refractivity contribution in [2.75, 3.05) is 13.1 Å². The third-order valence-corrected chi connectivity index (χ3v) is 7.54. The maximum atomic E-state index is 13.8. The Morgan fingerprint density at radius 3 is 2.47 bits per heavy atom. The Labute approximate surface area is 183 Å². The molecule has 2 aromatic carbocycles. The van der Waals surface area contributed by atoms with Gasteiger partial charge in [0.15, 0.2) is 11.2 Å². The summed E-state index contributed by atoms with van der Waals surface area (Å²) in [5.74, 6) is -1.18. The molecule has 0 bridgehead atoms. The third-order valence-electron chi connectivity index (χ3n) is 7.04. The Morgan fingerprint density at radius 1 is 1.07 bits per heavy atom. The average molecular weight is 468 g/mol. The summed E-state index contributed by atoms with van der Waals surface area (Å²) < 4.78 is 6.50. The number of ketones is 1. The minimum Gasteiger partial charge on any atom is -0.425 e. The predicted molar refractivity (Wildman–Crippen MR) is 114 cm³/mol. The van der Waals surface area contributed by atoms with Gasteiger partial charge in [-0.3, -0.25) is 14.4 Å². The SMILES string of the molecule is CC1(C(=O)c2ccccc2)C2c3cc(Br)ccc3OC(=O)C21C(=O)N1CCCCC1. The van der Waals surface area contributed by atoms with Gasteiger partial charge in [-0.25, -0.2) is 0 Å². The summed E-state index contributed by atoms with van der Waals surface area (Å²) >= 11 is 3.48. The van der Waals surface area contributed by atoms with Crippen molar-refractivity contribution in [2.24, 2.45) is 10.8 Å². The van der Waals surface area contributed by atoms with Crippen molar-refractivity contribution in [1.82, 2.24) is 4.90 Å². The van der Waals surface area contributed by atoms with E-state index in [4.69, 9.17) is 4.74 Å². The molecule has 30 heavy (non-hydrogen) atoms. The van der Waals surface area contributed by atoms with Crippen LogP contribution >= 0.6 is 15.9 Å². The summed E-state index contributed by atoms with van der Waals surface area (Å²) in [6.07, 6.45) is 2.89. The van der Waals surface area contributed by atoms with Gasteiger partial charge in [-0.05, 0) is 44.4 Å². The highest BCUT2D eigenvalue weighted by Crippen LogP contribution is 2.78. The molecule has 0 aromatic heterocycles. The van der Waals surface area contributed by atoms with Crippen molar-refractivity contribution in [1.29, 1.82) is 0 Å². The van der Waals surface area contributed by atoms with Crippen LogP contribution in [0.2, 0.25) is 0 Å². The maximum Gasteiger partial charge on any atom is 0.328 e. The molecule has 1 saturated carbocycles. The fourth-order valence-corrected chi connectivity index (χ4v) is 5.87. The van der Waals surface area contributed by atoms with E-state index in [9.17, 15) is 14.4 Å². The number of hydrogen-bond donors (Lipinski definition) is 0. The highest BCUT2D eigenvalue weighted by Gasteiger charge is 2.88. The Hall–Kier alpha value is -2.47. The summed E-state index contributed by atoms with van der Waals surface area (Å²) in [7, 11) is 0. The van der Waals surface area contributed by atoms with Gasteiger partial charge in [0.25, 0.3) is 0 Å². The van der Waals surface area contributed by atoms with E-state index in [0.29, 0.717) is 24.4 Å². The van der Waals surface area contributed by atoms with Crippen molar-refractivity contribution in [2.45, 2.75) is 32.1 Å². The molecule has 2 heterocycles. The van der Waals surface area contributed by atoms with Crippen LogP contribution in [0.1, 0.15) is 48.0 Å². The first kappa shape index (κ1) is 19.5. The number of fused-ring (bicyclic) bond motifs is 3. The lowest BCUT2D eigenvalue weighted by Gasteiger charge is -2.32. The molecule has 2 aliphatic heterocycles. The molecule has 0 spiro atoms. The molecular weight excluding hydrogens is 446 g/mol. The molecule has 6 heteroatoms. The highest BCUT2D eigenvalue weighted by atomic mass is 79.9. The molecule has 0 radical (unpaired) electrons. The molecule has 3 aliphatic rings. The second kappa shape index (κ2) is 6.77. The van der Waals surface area contributed by atoms with Crippen LogP contribution < -0.4 is 4.74 Å². The van der Waals surface area contributed by atoms with E-state index in [1.165, 1.54) is 0 Å². The Morgan fingerprint density at radius 2 is 1.77 bits per heavy atom. The Kier molecular flexibility index (Phi) is 4.40. The number of benzene rings is 2. The lowest BCUT2D eigenvalue weighted by Crippen LogP contribution is -2.49. The van der Waals surface area contributed by atoms with Crippen LogP contribution in [0.25, 0.3) is 0 Å². The quantitative estimate of drug-likeness (QED) is 0.291. The zero-order valence-corrected chi connectivity index (χ0v) is 18.3. The predicted octanol–water partition coefficient (Wildman–Crippen LogP) is 4.35. The fraction of sp³-hybridized carbons (Fsp3) is 0.375. The van der Waals surface area contributed by atoms with E-state index in [-0.39, 0.29) is 11.7 Å². The van der Waals surface area contributed by atoms with Crippen LogP contribution in [0.4, 0.5) is 0 Å². The minimum atomic E-state index is -1.51. The second-order valence-corrected chi connectivity index (χ2v) is 9.48. The fourth-order valence-electron chi connectivity index (χ4n) is 5.49. The maximum absolute atomic E-state index is 13.8. The number of piperidine rings is 1. The van der Waals surface area contributed by atoms with Gasteiger partial charge < -0.3 is 9.64 Å². The first-order valence-electron chi connectivity index (χ1n) is 10.3. The van der Waals surface area contributed by atoms with Crippen LogP contribution in [0, 0.1) is 10.8 Å². The first-order valence-corrected chi connectivity index (χ1v) is 11.1. The summed E-state index contributed by atoms with van der Waals surface area (Å²) in [4.78, 5) is 42.7. The molecule has 0 N–H and O–H groups in total. The largest absolute Gasteiger partial charge is 0.425 e. The van der Waals surface area contributed by atoms with Gasteiger partial charge in [0, 0.05) is 34.6 Å². The lowest BCUT2D eigenvalue weighted by molar-refractivity contribution is -0.154. The van der Waals surface area contributed by atoms with E-state index >= 15 is 0 Å².